The van der Waals surface area contributed by atoms with E-state index in [9.17, 15) is 4.79 Å². The van der Waals surface area contributed by atoms with E-state index in [0.717, 1.165) is 11.3 Å². The van der Waals surface area contributed by atoms with E-state index in [1.807, 2.05) is 6.07 Å². The van der Waals surface area contributed by atoms with Gasteiger partial charge in [-0.2, -0.15) is 0 Å². The van der Waals surface area contributed by atoms with Crippen LogP contribution in [0.4, 0.5) is 0 Å². The van der Waals surface area contributed by atoms with Gasteiger partial charge in [0.05, 0.1) is 12.2 Å². The Morgan fingerprint density at radius 3 is 2.93 bits per heavy atom. The number of rotatable bonds is 1. The third-order valence-corrected chi connectivity index (χ3v) is 2.86. The van der Waals surface area contributed by atoms with Gasteiger partial charge in [-0.3, -0.25) is 4.79 Å². The zero-order valence-electron chi connectivity index (χ0n) is 8.78. The first kappa shape index (κ1) is 9.31. The average Bonchev–Trinajstić information content (AvgIpc) is 2.55. The van der Waals surface area contributed by atoms with E-state index in [4.69, 9.17) is 4.74 Å². The van der Waals surface area contributed by atoms with E-state index in [1.165, 1.54) is 0 Å². The molecule has 1 aromatic rings. The summed E-state index contributed by atoms with van der Waals surface area (Å²) < 4.78 is 7.11. The normalized spacial score (nSPS) is 19.6. The van der Waals surface area contributed by atoms with Crippen molar-refractivity contribution in [2.24, 2.45) is 13.0 Å². The van der Waals surface area contributed by atoms with Crippen LogP contribution in [0.1, 0.15) is 25.3 Å². The van der Waals surface area contributed by atoms with Crippen molar-refractivity contribution in [3.8, 4) is 5.75 Å². The summed E-state index contributed by atoms with van der Waals surface area (Å²) in [6.45, 7) is 4.89. The Morgan fingerprint density at radius 1 is 1.57 bits per heavy atom. The van der Waals surface area contributed by atoms with Crippen molar-refractivity contribution in [3.63, 3.8) is 0 Å². The maximum Gasteiger partial charge on any atom is 0.257 e. The van der Waals surface area contributed by atoms with E-state index < -0.39 is 0 Å². The number of fused-ring (bicyclic) bond motifs is 1. The van der Waals surface area contributed by atoms with Crippen molar-refractivity contribution in [3.05, 3.63) is 28.2 Å². The lowest BCUT2D eigenvalue weighted by Gasteiger charge is -2.12. The van der Waals surface area contributed by atoms with Gasteiger partial charge < -0.3 is 9.30 Å². The molecule has 2 heterocycles. The fraction of sp³-hybridized carbons (Fsp3) is 0.545. The molecule has 0 N–H and O–H groups in total. The lowest BCUT2D eigenvalue weighted by atomic mass is 9.91. The molecule has 1 aliphatic rings. The van der Waals surface area contributed by atoms with Crippen LogP contribution in [0.15, 0.2) is 17.1 Å². The summed E-state index contributed by atoms with van der Waals surface area (Å²) in [6.07, 6.45) is 1.75. The highest BCUT2D eigenvalue weighted by Gasteiger charge is 2.29. The SMILES string of the molecule is CC(C)C1COc2ccn(C)c(=O)c21. The molecular weight excluding hydrogens is 178 g/mol. The number of hydrogen-bond acceptors (Lipinski definition) is 2. The second kappa shape index (κ2) is 3.15. The molecule has 0 aromatic carbocycles. The summed E-state index contributed by atoms with van der Waals surface area (Å²) in [4.78, 5) is 11.9. The molecule has 1 aliphatic heterocycles. The number of nitrogens with zero attached hydrogens (tertiary/aromatic N) is 1. The molecule has 2 rings (SSSR count). The molecule has 3 nitrogen and oxygen atoms in total. The van der Waals surface area contributed by atoms with Crippen LogP contribution in [0.2, 0.25) is 0 Å². The Labute approximate surface area is 83.3 Å². The average molecular weight is 193 g/mol. The highest BCUT2D eigenvalue weighted by molar-refractivity contribution is 5.37. The summed E-state index contributed by atoms with van der Waals surface area (Å²) in [6, 6.07) is 1.87. The Hall–Kier alpha value is -1.25. The van der Waals surface area contributed by atoms with Crippen LogP contribution in [-0.2, 0) is 7.05 Å². The molecule has 0 aliphatic carbocycles. The zero-order chi connectivity index (χ0) is 10.3. The summed E-state index contributed by atoms with van der Waals surface area (Å²) in [5, 5.41) is 0. The van der Waals surface area contributed by atoms with Crippen LogP contribution in [0, 0.1) is 5.92 Å². The molecule has 76 valence electrons. The maximum atomic E-state index is 11.9. The number of aryl methyl sites for hydroxylation is 1. The lowest BCUT2D eigenvalue weighted by Crippen LogP contribution is -2.22. The third kappa shape index (κ3) is 1.24. The van der Waals surface area contributed by atoms with Crippen molar-refractivity contribution in [1.29, 1.82) is 0 Å². The largest absolute Gasteiger partial charge is 0.492 e. The van der Waals surface area contributed by atoms with Crippen LogP contribution in [0.3, 0.4) is 0 Å². The molecule has 1 atom stereocenters. The number of ether oxygens (including phenoxy) is 1. The molecule has 0 amide bonds. The molecule has 1 aromatic heterocycles. The van der Waals surface area contributed by atoms with Crippen LogP contribution < -0.4 is 10.3 Å². The predicted octanol–water partition coefficient (Wildman–Crippen LogP) is 1.52. The van der Waals surface area contributed by atoms with Crippen molar-refractivity contribution in [2.75, 3.05) is 6.61 Å². The van der Waals surface area contributed by atoms with Gasteiger partial charge in [-0.25, -0.2) is 0 Å². The highest BCUT2D eigenvalue weighted by atomic mass is 16.5. The Bertz CT molecular complexity index is 406. The van der Waals surface area contributed by atoms with Crippen molar-refractivity contribution in [1.82, 2.24) is 4.57 Å². The molecule has 0 fully saturated rings. The standard InChI is InChI=1S/C11H15NO2/c1-7(2)8-6-14-9-4-5-12(3)11(13)10(8)9/h4-5,7-8H,6H2,1-3H3. The monoisotopic (exact) mass is 193 g/mol. The van der Waals surface area contributed by atoms with E-state index in [1.54, 1.807) is 17.8 Å². The van der Waals surface area contributed by atoms with Gasteiger partial charge in [0.1, 0.15) is 5.75 Å². The fourth-order valence-corrected chi connectivity index (χ4v) is 1.89. The summed E-state index contributed by atoms with van der Waals surface area (Å²) in [5.74, 6) is 1.48. The molecule has 14 heavy (non-hydrogen) atoms. The summed E-state index contributed by atoms with van der Waals surface area (Å²) in [7, 11) is 1.78. The molecular formula is C11H15NO2. The van der Waals surface area contributed by atoms with Gasteiger partial charge in [-0.05, 0) is 12.0 Å². The zero-order valence-corrected chi connectivity index (χ0v) is 8.78. The molecule has 0 spiro atoms. The van der Waals surface area contributed by atoms with Crippen LogP contribution in [-0.4, -0.2) is 11.2 Å². The first-order valence-corrected chi connectivity index (χ1v) is 4.93. The second-order valence-corrected chi connectivity index (χ2v) is 4.17. The van der Waals surface area contributed by atoms with E-state index in [-0.39, 0.29) is 11.5 Å². The Morgan fingerprint density at radius 2 is 2.29 bits per heavy atom. The van der Waals surface area contributed by atoms with Crippen molar-refractivity contribution in [2.45, 2.75) is 19.8 Å². The molecule has 0 saturated heterocycles. The highest BCUT2D eigenvalue weighted by Crippen LogP contribution is 2.35. The number of pyridine rings is 1. The Balaban J connectivity index is 2.58. The quantitative estimate of drug-likeness (QED) is 0.677. The van der Waals surface area contributed by atoms with Crippen molar-refractivity contribution >= 4 is 0 Å². The van der Waals surface area contributed by atoms with Gasteiger partial charge >= 0.3 is 0 Å². The van der Waals surface area contributed by atoms with E-state index >= 15 is 0 Å². The van der Waals surface area contributed by atoms with Crippen molar-refractivity contribution < 1.29 is 4.74 Å². The molecule has 0 radical (unpaired) electrons. The molecule has 0 bridgehead atoms. The Kier molecular flexibility index (Phi) is 2.10. The van der Waals surface area contributed by atoms with Gasteiger partial charge in [0, 0.05) is 19.2 Å². The van der Waals surface area contributed by atoms with Gasteiger partial charge in [0.15, 0.2) is 0 Å². The third-order valence-electron chi connectivity index (χ3n) is 2.86. The molecule has 1 unspecified atom stereocenters. The van der Waals surface area contributed by atoms with Crippen LogP contribution in [0.5, 0.6) is 5.75 Å². The number of aromatic nitrogens is 1. The smallest absolute Gasteiger partial charge is 0.257 e. The minimum absolute atomic E-state index is 0.0821. The number of hydrogen-bond donors (Lipinski definition) is 0. The van der Waals surface area contributed by atoms with Gasteiger partial charge in [0.2, 0.25) is 0 Å². The van der Waals surface area contributed by atoms with Crippen LogP contribution >= 0.6 is 0 Å². The minimum Gasteiger partial charge on any atom is -0.492 e. The summed E-state index contributed by atoms with van der Waals surface area (Å²) >= 11 is 0. The first-order valence-electron chi connectivity index (χ1n) is 4.93. The maximum absolute atomic E-state index is 11.9. The van der Waals surface area contributed by atoms with Crippen LogP contribution in [0.25, 0.3) is 0 Å². The fourth-order valence-electron chi connectivity index (χ4n) is 1.89. The second-order valence-electron chi connectivity index (χ2n) is 4.17. The van der Waals surface area contributed by atoms with Gasteiger partial charge in [0.25, 0.3) is 5.56 Å². The molecule has 3 heteroatoms. The van der Waals surface area contributed by atoms with E-state index in [0.29, 0.717) is 12.5 Å². The lowest BCUT2D eigenvalue weighted by molar-refractivity contribution is 0.304. The summed E-state index contributed by atoms with van der Waals surface area (Å²) in [5.41, 5.74) is 0.934. The first-order chi connectivity index (χ1) is 6.61. The molecule has 0 saturated carbocycles. The topological polar surface area (TPSA) is 31.2 Å². The van der Waals surface area contributed by atoms with Gasteiger partial charge in [-0.15, -0.1) is 0 Å². The minimum atomic E-state index is 0.0821. The predicted molar refractivity (Wildman–Crippen MR) is 54.8 cm³/mol. The van der Waals surface area contributed by atoms with E-state index in [2.05, 4.69) is 13.8 Å². The van der Waals surface area contributed by atoms with Gasteiger partial charge in [-0.1, -0.05) is 13.8 Å².